The SMILES string of the molecule is COc1ccc(O)c(C(=O)N2CCCC2CCCl)c1. The van der Waals surface area contributed by atoms with Crippen molar-refractivity contribution in [1.82, 2.24) is 4.90 Å². The molecule has 5 heteroatoms. The number of hydrogen-bond donors (Lipinski definition) is 1. The summed E-state index contributed by atoms with van der Waals surface area (Å²) >= 11 is 5.77. The first kappa shape index (κ1) is 14.0. The van der Waals surface area contributed by atoms with Crippen LogP contribution in [0.5, 0.6) is 11.5 Å². The number of aromatic hydroxyl groups is 1. The van der Waals surface area contributed by atoms with Gasteiger partial charge in [0.2, 0.25) is 0 Å². The predicted octanol–water partition coefficient (Wildman–Crippen LogP) is 2.63. The molecule has 2 rings (SSSR count). The zero-order valence-electron chi connectivity index (χ0n) is 10.9. The first-order valence-electron chi connectivity index (χ1n) is 6.41. The van der Waals surface area contributed by atoms with Crippen molar-refractivity contribution in [3.05, 3.63) is 23.8 Å². The Morgan fingerprint density at radius 3 is 3.05 bits per heavy atom. The van der Waals surface area contributed by atoms with Crippen molar-refractivity contribution in [3.8, 4) is 11.5 Å². The minimum Gasteiger partial charge on any atom is -0.507 e. The van der Waals surface area contributed by atoms with Gasteiger partial charge in [0, 0.05) is 18.5 Å². The number of alkyl halides is 1. The van der Waals surface area contributed by atoms with Crippen LogP contribution in [0.2, 0.25) is 0 Å². The smallest absolute Gasteiger partial charge is 0.257 e. The fourth-order valence-corrected chi connectivity index (χ4v) is 2.75. The highest BCUT2D eigenvalue weighted by Gasteiger charge is 2.30. The van der Waals surface area contributed by atoms with Gasteiger partial charge in [0.15, 0.2) is 0 Å². The number of carbonyl (C=O) groups is 1. The summed E-state index contributed by atoms with van der Waals surface area (Å²) in [5, 5.41) is 9.85. The Balaban J connectivity index is 2.23. The van der Waals surface area contributed by atoms with Crippen LogP contribution in [0.3, 0.4) is 0 Å². The van der Waals surface area contributed by atoms with Crippen LogP contribution in [0.1, 0.15) is 29.6 Å². The second kappa shape index (κ2) is 6.15. The van der Waals surface area contributed by atoms with Crippen LogP contribution in [-0.4, -0.2) is 41.5 Å². The first-order chi connectivity index (χ1) is 9.17. The topological polar surface area (TPSA) is 49.8 Å². The molecule has 0 bridgehead atoms. The number of amides is 1. The maximum atomic E-state index is 12.5. The number of rotatable bonds is 4. The predicted molar refractivity (Wildman–Crippen MR) is 74.1 cm³/mol. The molecule has 1 saturated heterocycles. The van der Waals surface area contributed by atoms with Gasteiger partial charge in [0.25, 0.3) is 5.91 Å². The normalized spacial score (nSPS) is 18.6. The van der Waals surface area contributed by atoms with E-state index in [0.717, 1.165) is 25.8 Å². The summed E-state index contributed by atoms with van der Waals surface area (Å²) < 4.78 is 5.09. The zero-order valence-corrected chi connectivity index (χ0v) is 11.7. The molecule has 1 atom stereocenters. The first-order valence-corrected chi connectivity index (χ1v) is 6.94. The highest BCUT2D eigenvalue weighted by Crippen LogP contribution is 2.28. The summed E-state index contributed by atoms with van der Waals surface area (Å²) in [5.74, 6) is 0.944. The molecule has 104 valence electrons. The van der Waals surface area contributed by atoms with Gasteiger partial charge in [-0.3, -0.25) is 4.79 Å². The Bertz CT molecular complexity index is 464. The van der Waals surface area contributed by atoms with E-state index in [1.807, 2.05) is 0 Å². The van der Waals surface area contributed by atoms with Gasteiger partial charge in [-0.25, -0.2) is 0 Å². The van der Waals surface area contributed by atoms with Gasteiger partial charge < -0.3 is 14.7 Å². The van der Waals surface area contributed by atoms with E-state index in [0.29, 0.717) is 17.2 Å². The summed E-state index contributed by atoms with van der Waals surface area (Å²) in [4.78, 5) is 14.3. The molecule has 0 radical (unpaired) electrons. The van der Waals surface area contributed by atoms with E-state index < -0.39 is 0 Å². The van der Waals surface area contributed by atoms with Gasteiger partial charge >= 0.3 is 0 Å². The number of phenols is 1. The Kier molecular flexibility index (Phi) is 4.53. The zero-order chi connectivity index (χ0) is 13.8. The molecule has 1 unspecified atom stereocenters. The third kappa shape index (κ3) is 2.95. The van der Waals surface area contributed by atoms with Crippen molar-refractivity contribution in [1.29, 1.82) is 0 Å². The number of carbonyl (C=O) groups excluding carboxylic acids is 1. The molecule has 0 spiro atoms. The molecule has 1 aliphatic heterocycles. The third-order valence-corrected chi connectivity index (χ3v) is 3.73. The Morgan fingerprint density at radius 1 is 1.58 bits per heavy atom. The van der Waals surface area contributed by atoms with Crippen LogP contribution in [0.4, 0.5) is 0 Å². The highest BCUT2D eigenvalue weighted by atomic mass is 35.5. The lowest BCUT2D eigenvalue weighted by atomic mass is 10.1. The fourth-order valence-electron chi connectivity index (χ4n) is 2.50. The molecule has 1 fully saturated rings. The lowest BCUT2D eigenvalue weighted by Crippen LogP contribution is -2.35. The number of likely N-dealkylation sites (tertiary alicyclic amines) is 1. The summed E-state index contributed by atoms with van der Waals surface area (Å²) in [7, 11) is 1.53. The van der Waals surface area contributed by atoms with Crippen LogP contribution >= 0.6 is 11.6 Å². The molecule has 0 aromatic heterocycles. The molecular weight excluding hydrogens is 266 g/mol. The number of hydrogen-bond acceptors (Lipinski definition) is 3. The van der Waals surface area contributed by atoms with Crippen molar-refractivity contribution in [2.45, 2.75) is 25.3 Å². The molecule has 4 nitrogen and oxygen atoms in total. The number of benzene rings is 1. The van der Waals surface area contributed by atoms with Crippen molar-refractivity contribution in [2.24, 2.45) is 0 Å². The molecule has 1 aromatic rings. The van der Waals surface area contributed by atoms with Crippen LogP contribution in [0.25, 0.3) is 0 Å². The third-order valence-electron chi connectivity index (χ3n) is 3.51. The number of phenolic OH excluding ortho intramolecular Hbond substituents is 1. The molecule has 0 saturated carbocycles. The molecule has 1 heterocycles. The molecule has 1 amide bonds. The number of methoxy groups -OCH3 is 1. The summed E-state index contributed by atoms with van der Waals surface area (Å²) in [6, 6.07) is 4.87. The van der Waals surface area contributed by atoms with Gasteiger partial charge in [-0.1, -0.05) is 0 Å². The Labute approximate surface area is 117 Å². The highest BCUT2D eigenvalue weighted by molar-refractivity contribution is 6.17. The summed E-state index contributed by atoms with van der Waals surface area (Å²) in [6.45, 7) is 0.719. The number of ether oxygens (including phenoxy) is 1. The molecule has 0 aliphatic carbocycles. The molecular formula is C14H18ClNO3. The second-order valence-electron chi connectivity index (χ2n) is 4.66. The molecule has 1 aromatic carbocycles. The fraction of sp³-hybridized carbons (Fsp3) is 0.500. The van der Waals surface area contributed by atoms with Crippen molar-refractivity contribution < 1.29 is 14.6 Å². The van der Waals surface area contributed by atoms with E-state index in [1.54, 1.807) is 17.0 Å². The quantitative estimate of drug-likeness (QED) is 0.864. The standard InChI is InChI=1S/C14H18ClNO3/c1-19-11-4-5-13(17)12(9-11)14(18)16-8-2-3-10(16)6-7-15/h4-5,9-10,17H,2-3,6-8H2,1H3. The Hall–Kier alpha value is -1.42. The van der Waals surface area contributed by atoms with Gasteiger partial charge in [0.05, 0.1) is 12.7 Å². The number of nitrogens with zero attached hydrogens (tertiary/aromatic N) is 1. The van der Waals surface area contributed by atoms with Crippen molar-refractivity contribution in [2.75, 3.05) is 19.5 Å². The van der Waals surface area contributed by atoms with Crippen LogP contribution in [-0.2, 0) is 0 Å². The lowest BCUT2D eigenvalue weighted by molar-refractivity contribution is 0.0731. The average molecular weight is 284 g/mol. The van der Waals surface area contributed by atoms with Crippen LogP contribution < -0.4 is 4.74 Å². The number of halogens is 1. The van der Waals surface area contributed by atoms with Gasteiger partial charge in [-0.05, 0) is 37.5 Å². The van der Waals surface area contributed by atoms with Crippen molar-refractivity contribution >= 4 is 17.5 Å². The van der Waals surface area contributed by atoms with Crippen molar-refractivity contribution in [3.63, 3.8) is 0 Å². The maximum absolute atomic E-state index is 12.5. The van der Waals surface area contributed by atoms with Gasteiger partial charge in [0.1, 0.15) is 11.5 Å². The van der Waals surface area contributed by atoms with Crippen LogP contribution in [0.15, 0.2) is 18.2 Å². The van der Waals surface area contributed by atoms with Gasteiger partial charge in [-0.2, -0.15) is 0 Å². The molecule has 1 aliphatic rings. The van der Waals surface area contributed by atoms with E-state index in [-0.39, 0.29) is 17.7 Å². The summed E-state index contributed by atoms with van der Waals surface area (Å²) in [6.07, 6.45) is 2.75. The summed E-state index contributed by atoms with van der Waals surface area (Å²) in [5.41, 5.74) is 0.292. The van der Waals surface area contributed by atoms with E-state index in [1.165, 1.54) is 13.2 Å². The minimum atomic E-state index is -0.149. The van der Waals surface area contributed by atoms with Crippen LogP contribution in [0, 0.1) is 0 Å². The minimum absolute atomic E-state index is 0.0117. The van der Waals surface area contributed by atoms with E-state index in [4.69, 9.17) is 16.3 Å². The Morgan fingerprint density at radius 2 is 2.37 bits per heavy atom. The molecule has 19 heavy (non-hydrogen) atoms. The van der Waals surface area contributed by atoms with Gasteiger partial charge in [-0.15, -0.1) is 11.6 Å². The lowest BCUT2D eigenvalue weighted by Gasteiger charge is -2.24. The van der Waals surface area contributed by atoms with E-state index in [2.05, 4.69) is 0 Å². The monoisotopic (exact) mass is 283 g/mol. The maximum Gasteiger partial charge on any atom is 0.257 e. The largest absolute Gasteiger partial charge is 0.507 e. The average Bonchev–Trinajstić information content (AvgIpc) is 2.87. The van der Waals surface area contributed by atoms with E-state index >= 15 is 0 Å². The second-order valence-corrected chi connectivity index (χ2v) is 5.03. The van der Waals surface area contributed by atoms with E-state index in [9.17, 15) is 9.90 Å². The molecule has 1 N–H and O–H groups in total.